The molecule has 0 radical (unpaired) electrons. The van der Waals surface area contributed by atoms with Gasteiger partial charge in [0.15, 0.2) is 0 Å². The number of benzene rings is 9. The lowest BCUT2D eigenvalue weighted by atomic mass is 9.35. The quantitative estimate of drug-likeness (QED) is 0.140. The maximum absolute atomic E-state index is 8.26. The van der Waals surface area contributed by atoms with E-state index in [1.54, 1.807) is 0 Å². The van der Waals surface area contributed by atoms with Crippen molar-refractivity contribution in [3.8, 4) is 56.4 Å². The zero-order chi connectivity index (χ0) is 34.3. The first-order valence-corrected chi connectivity index (χ1v) is 17.4. The van der Waals surface area contributed by atoms with Crippen LogP contribution in [0.3, 0.4) is 0 Å². The Bertz CT molecular complexity index is 2860. The summed E-state index contributed by atoms with van der Waals surface area (Å²) in [6, 6.07) is 60.4. The summed E-state index contributed by atoms with van der Waals surface area (Å²) in [5.41, 5.74) is 10.2. The first kappa shape index (κ1) is 27.3. The average Bonchev–Trinajstić information content (AvgIpc) is 3.20. The van der Waals surface area contributed by atoms with Crippen LogP contribution in [0.25, 0.3) is 65.7 Å². The van der Waals surface area contributed by atoms with Gasteiger partial charge in [-0.05, 0) is 119 Å². The van der Waals surface area contributed by atoms with Gasteiger partial charge in [-0.1, -0.05) is 133 Å². The summed E-state index contributed by atoms with van der Waals surface area (Å²) >= 11 is 0. The molecule has 51 heavy (non-hydrogen) atoms. The second kappa shape index (κ2) is 11.0. The van der Waals surface area contributed by atoms with Crippen LogP contribution in [-0.4, -0.2) is 6.71 Å². The fourth-order valence-electron chi connectivity index (χ4n) is 8.34. The first-order chi connectivity index (χ1) is 25.7. The molecule has 0 atom stereocenters. The predicted molar refractivity (Wildman–Crippen MR) is 213 cm³/mol. The molecule has 0 N–H and O–H groups in total. The molecule has 0 bridgehead atoms. The van der Waals surface area contributed by atoms with E-state index in [1.165, 1.54) is 38.1 Å². The minimum Gasteiger partial charge on any atom is -0.458 e. The molecule has 0 unspecified atom stereocenters. The predicted octanol–water partition coefficient (Wildman–Crippen LogP) is 10.9. The number of hydrogen-bond donors (Lipinski definition) is 0. The molecule has 2 nitrogen and oxygen atoms in total. The van der Waals surface area contributed by atoms with Gasteiger partial charge >= 0.3 is 0 Å². The fourth-order valence-corrected chi connectivity index (χ4v) is 8.34. The van der Waals surface area contributed by atoms with Crippen molar-refractivity contribution in [2.75, 3.05) is 0 Å². The molecule has 3 heteroatoms. The van der Waals surface area contributed by atoms with Crippen LogP contribution in [0, 0.1) is 0 Å². The standard InChI is InChI=1S/C48H29BO2/c1-2-17-38-36(15-1)37-16-3-4-18-39(37)41-27-34(23-24-40(38)41)32-13-9-11-30(25-32)31-12-10-14-33(26-31)35-28-46-48-47(29-35)51-45-22-8-6-20-43(45)49(48)42-19-5-7-21-44(42)50-46/h1-29H/i1D. The van der Waals surface area contributed by atoms with Gasteiger partial charge in [-0.3, -0.25) is 0 Å². The van der Waals surface area contributed by atoms with Gasteiger partial charge in [0.2, 0.25) is 0 Å². The number of hydrogen-bond acceptors (Lipinski definition) is 2. The van der Waals surface area contributed by atoms with Crippen molar-refractivity contribution < 1.29 is 10.8 Å². The highest BCUT2D eigenvalue weighted by Gasteiger charge is 2.40. The van der Waals surface area contributed by atoms with Gasteiger partial charge in [-0.2, -0.15) is 0 Å². The molecule has 2 aliphatic rings. The lowest BCUT2D eigenvalue weighted by molar-refractivity contribution is 0.465. The first-order valence-electron chi connectivity index (χ1n) is 17.9. The van der Waals surface area contributed by atoms with Crippen molar-refractivity contribution in [3.05, 3.63) is 176 Å². The van der Waals surface area contributed by atoms with Gasteiger partial charge in [0.1, 0.15) is 23.0 Å². The molecule has 0 saturated carbocycles. The van der Waals surface area contributed by atoms with Crippen molar-refractivity contribution in [2.45, 2.75) is 0 Å². The van der Waals surface area contributed by atoms with E-state index in [9.17, 15) is 0 Å². The summed E-state index contributed by atoms with van der Waals surface area (Å²) in [5, 5.41) is 7.11. The molecule has 2 aliphatic heterocycles. The van der Waals surface area contributed by atoms with Crippen LogP contribution in [-0.2, 0) is 0 Å². The molecule has 9 aromatic rings. The third-order valence-corrected chi connectivity index (χ3v) is 10.7. The van der Waals surface area contributed by atoms with Gasteiger partial charge < -0.3 is 9.47 Å². The van der Waals surface area contributed by atoms with E-state index in [2.05, 4.69) is 146 Å². The van der Waals surface area contributed by atoms with E-state index >= 15 is 0 Å². The Labute approximate surface area is 297 Å². The molecule has 0 fully saturated rings. The molecule has 11 rings (SSSR count). The molecule has 0 aromatic heterocycles. The molecule has 0 spiro atoms. The Balaban J connectivity index is 0.999. The monoisotopic (exact) mass is 649 g/mol. The van der Waals surface area contributed by atoms with Gasteiger partial charge in [0.05, 0.1) is 1.37 Å². The number of rotatable bonds is 3. The zero-order valence-corrected chi connectivity index (χ0v) is 27.6. The topological polar surface area (TPSA) is 18.5 Å². The summed E-state index contributed by atoms with van der Waals surface area (Å²) < 4.78 is 21.4. The van der Waals surface area contributed by atoms with Gasteiger partial charge in [-0.15, -0.1) is 0 Å². The van der Waals surface area contributed by atoms with E-state index in [0.29, 0.717) is 6.04 Å². The second-order valence-corrected chi connectivity index (χ2v) is 13.5. The third kappa shape index (κ3) is 4.38. The van der Waals surface area contributed by atoms with Crippen LogP contribution in [0.15, 0.2) is 176 Å². The molecule has 0 amide bonds. The van der Waals surface area contributed by atoms with Crippen molar-refractivity contribution in [2.24, 2.45) is 0 Å². The molecule has 236 valence electrons. The summed E-state index contributed by atoms with van der Waals surface area (Å²) in [7, 11) is 0. The minimum atomic E-state index is 0.0611. The van der Waals surface area contributed by atoms with Crippen molar-refractivity contribution in [1.82, 2.24) is 0 Å². The molecule has 0 saturated heterocycles. The van der Waals surface area contributed by atoms with Gasteiger partial charge in [0.25, 0.3) is 6.71 Å². The number of fused-ring (bicyclic) bond motifs is 10. The largest absolute Gasteiger partial charge is 0.458 e. The van der Waals surface area contributed by atoms with Crippen LogP contribution in [0.4, 0.5) is 0 Å². The van der Waals surface area contributed by atoms with Gasteiger partial charge in [-0.25, -0.2) is 0 Å². The fraction of sp³-hybridized carbons (Fsp3) is 0. The smallest absolute Gasteiger partial charge is 0.260 e. The highest BCUT2D eigenvalue weighted by Crippen LogP contribution is 2.40. The van der Waals surface area contributed by atoms with Gasteiger partial charge in [0, 0.05) is 5.46 Å². The SMILES string of the molecule is [2H]c1ccc2c3ccc(-c4cccc(-c5cccc(-c6cc7c8c(c6)Oc6ccccc6B8c6ccccc6O7)c5)c4)cc3c3ccccc3c2c1. The Kier molecular flexibility index (Phi) is 5.86. The lowest BCUT2D eigenvalue weighted by Gasteiger charge is -2.33. The van der Waals surface area contributed by atoms with E-state index in [1.807, 2.05) is 24.3 Å². The lowest BCUT2D eigenvalue weighted by Crippen LogP contribution is -2.57. The molecule has 2 heterocycles. The Morgan fingerprint density at radius 1 is 0.333 bits per heavy atom. The van der Waals surface area contributed by atoms with Crippen LogP contribution < -0.4 is 25.9 Å². The minimum absolute atomic E-state index is 0.0611. The number of ether oxygens (including phenoxy) is 2. The second-order valence-electron chi connectivity index (χ2n) is 13.5. The summed E-state index contributed by atoms with van der Waals surface area (Å²) in [6.07, 6.45) is 0. The maximum Gasteiger partial charge on any atom is 0.260 e. The molecular weight excluding hydrogens is 619 g/mol. The van der Waals surface area contributed by atoms with Crippen LogP contribution >= 0.6 is 0 Å². The van der Waals surface area contributed by atoms with Crippen LogP contribution in [0.5, 0.6) is 23.0 Å². The van der Waals surface area contributed by atoms with Crippen molar-refractivity contribution in [3.63, 3.8) is 0 Å². The Morgan fingerprint density at radius 2 is 0.804 bits per heavy atom. The van der Waals surface area contributed by atoms with E-state index in [-0.39, 0.29) is 6.71 Å². The van der Waals surface area contributed by atoms with Crippen molar-refractivity contribution >= 4 is 55.4 Å². The Morgan fingerprint density at radius 3 is 1.43 bits per heavy atom. The third-order valence-electron chi connectivity index (χ3n) is 10.7. The van der Waals surface area contributed by atoms with Crippen LogP contribution in [0.2, 0.25) is 0 Å². The van der Waals surface area contributed by atoms with E-state index in [0.717, 1.165) is 67.0 Å². The highest BCUT2D eigenvalue weighted by atomic mass is 16.5. The normalized spacial score (nSPS) is 12.9. The summed E-state index contributed by atoms with van der Waals surface area (Å²) in [4.78, 5) is 0. The van der Waals surface area contributed by atoms with Crippen LogP contribution in [0.1, 0.15) is 1.37 Å². The summed E-state index contributed by atoms with van der Waals surface area (Å²) in [6.45, 7) is 0.0611. The molecule has 0 aliphatic carbocycles. The number of para-hydroxylation sites is 2. The molecule has 9 aromatic carbocycles. The average molecular weight is 650 g/mol. The van der Waals surface area contributed by atoms with E-state index in [4.69, 9.17) is 10.8 Å². The van der Waals surface area contributed by atoms with Crippen molar-refractivity contribution in [1.29, 1.82) is 0 Å². The molecular formula is C48H29BO2. The summed E-state index contributed by atoms with van der Waals surface area (Å²) in [5.74, 6) is 3.47. The Hall–Kier alpha value is -6.58. The van der Waals surface area contributed by atoms with E-state index < -0.39 is 0 Å². The zero-order valence-electron chi connectivity index (χ0n) is 28.6. The maximum atomic E-state index is 8.26. The highest BCUT2D eigenvalue weighted by molar-refractivity contribution is 6.98.